The zero-order chi connectivity index (χ0) is 25.1. The second kappa shape index (κ2) is 7.98. The Balaban J connectivity index is 2.06. The maximum Gasteiger partial charge on any atom is 0.495 e. The molecule has 13 heteroatoms. The minimum atomic E-state index is -5.76. The van der Waals surface area contributed by atoms with Gasteiger partial charge in [-0.2, -0.15) is 13.2 Å². The molecule has 1 N–H and O–H groups in total. The standard InChI is InChI=1S/C20H16BF8NO3/c1-18(2)19(3,4)33-21(32-18)8-6-5-7-9(22)10(8)17(31)30-16-14(25)12(23)11(20(27,28)29)13(24)15(16)26/h5-7H,1-4H3,(H,30,31). The molecule has 1 aliphatic heterocycles. The van der Waals surface area contributed by atoms with Crippen molar-refractivity contribution < 1.29 is 49.2 Å². The lowest BCUT2D eigenvalue weighted by atomic mass is 9.75. The van der Waals surface area contributed by atoms with Gasteiger partial charge in [-0.05, 0) is 39.2 Å². The summed E-state index contributed by atoms with van der Waals surface area (Å²) >= 11 is 0. The molecule has 2 aromatic rings. The molecule has 2 aromatic carbocycles. The van der Waals surface area contributed by atoms with Gasteiger partial charge in [-0.15, -0.1) is 0 Å². The molecule has 0 spiro atoms. The van der Waals surface area contributed by atoms with Crippen molar-refractivity contribution in [2.45, 2.75) is 45.1 Å². The number of carbonyl (C=O) groups excluding carboxylic acids is 1. The maximum atomic E-state index is 14.6. The van der Waals surface area contributed by atoms with Crippen LogP contribution in [0.3, 0.4) is 0 Å². The van der Waals surface area contributed by atoms with Crippen LogP contribution in [-0.2, 0) is 15.5 Å². The second-order valence-corrected chi connectivity index (χ2v) is 8.25. The van der Waals surface area contributed by atoms with Crippen molar-refractivity contribution in [3.8, 4) is 0 Å². The molecule has 1 amide bonds. The van der Waals surface area contributed by atoms with Gasteiger partial charge in [0.25, 0.3) is 5.91 Å². The maximum absolute atomic E-state index is 14.6. The van der Waals surface area contributed by atoms with E-state index in [-0.39, 0.29) is 5.46 Å². The monoisotopic (exact) mass is 481 g/mol. The SMILES string of the molecule is CC1(C)OB(c2cccc(F)c2C(=O)Nc2c(F)c(F)c(C(F)(F)F)c(F)c2F)OC1(C)C. The molecule has 1 saturated heterocycles. The van der Waals surface area contributed by atoms with E-state index in [1.807, 2.05) is 0 Å². The van der Waals surface area contributed by atoms with Crippen LogP contribution in [0.1, 0.15) is 43.6 Å². The van der Waals surface area contributed by atoms with Crippen molar-refractivity contribution in [2.75, 3.05) is 5.32 Å². The summed E-state index contributed by atoms with van der Waals surface area (Å²) in [5.41, 5.74) is -7.58. The summed E-state index contributed by atoms with van der Waals surface area (Å²) in [6.07, 6.45) is -5.76. The summed E-state index contributed by atoms with van der Waals surface area (Å²) in [5, 5.41) is 1.41. The van der Waals surface area contributed by atoms with Gasteiger partial charge in [0.05, 0.1) is 16.8 Å². The molecule has 1 fully saturated rings. The molecule has 0 bridgehead atoms. The predicted molar refractivity (Wildman–Crippen MR) is 101 cm³/mol. The van der Waals surface area contributed by atoms with Crippen LogP contribution in [0.5, 0.6) is 0 Å². The van der Waals surface area contributed by atoms with Crippen LogP contribution >= 0.6 is 0 Å². The van der Waals surface area contributed by atoms with Gasteiger partial charge in [-0.3, -0.25) is 4.79 Å². The van der Waals surface area contributed by atoms with Gasteiger partial charge < -0.3 is 14.6 Å². The van der Waals surface area contributed by atoms with Crippen molar-refractivity contribution in [1.82, 2.24) is 0 Å². The molecule has 178 valence electrons. The first-order chi connectivity index (χ1) is 15.0. The van der Waals surface area contributed by atoms with Gasteiger partial charge >= 0.3 is 13.3 Å². The smallest absolute Gasteiger partial charge is 0.399 e. The van der Waals surface area contributed by atoms with Gasteiger partial charge in [0.1, 0.15) is 17.1 Å². The van der Waals surface area contributed by atoms with Gasteiger partial charge in [0, 0.05) is 0 Å². The molecule has 33 heavy (non-hydrogen) atoms. The Bertz CT molecular complexity index is 1090. The topological polar surface area (TPSA) is 47.6 Å². The summed E-state index contributed by atoms with van der Waals surface area (Å²) in [5.74, 6) is -13.4. The lowest BCUT2D eigenvalue weighted by Gasteiger charge is -2.32. The number of hydrogen-bond donors (Lipinski definition) is 1. The highest BCUT2D eigenvalue weighted by Crippen LogP contribution is 2.39. The van der Waals surface area contributed by atoms with Crippen LogP contribution in [-0.4, -0.2) is 24.2 Å². The van der Waals surface area contributed by atoms with Crippen molar-refractivity contribution in [1.29, 1.82) is 0 Å². The second-order valence-electron chi connectivity index (χ2n) is 8.25. The fourth-order valence-electron chi connectivity index (χ4n) is 3.11. The third-order valence-corrected chi connectivity index (χ3v) is 5.57. The van der Waals surface area contributed by atoms with E-state index in [2.05, 4.69) is 0 Å². The molecule has 0 radical (unpaired) electrons. The lowest BCUT2D eigenvalue weighted by Crippen LogP contribution is -2.41. The van der Waals surface area contributed by atoms with Crippen LogP contribution in [0.2, 0.25) is 0 Å². The molecular weight excluding hydrogens is 465 g/mol. The summed E-state index contributed by atoms with van der Waals surface area (Å²) in [6, 6.07) is 3.20. The third kappa shape index (κ3) is 4.19. The Kier molecular flexibility index (Phi) is 6.04. The first kappa shape index (κ1) is 25.0. The van der Waals surface area contributed by atoms with E-state index >= 15 is 0 Å². The average Bonchev–Trinajstić information content (AvgIpc) is 2.89. The minimum absolute atomic E-state index is 0.222. The Morgan fingerprint density at radius 2 is 1.36 bits per heavy atom. The van der Waals surface area contributed by atoms with Gasteiger partial charge in [0.2, 0.25) is 0 Å². The highest BCUT2D eigenvalue weighted by atomic mass is 19.4. The van der Waals surface area contributed by atoms with Crippen LogP contribution in [0.4, 0.5) is 40.8 Å². The Morgan fingerprint density at radius 3 is 1.82 bits per heavy atom. The Hall–Kier alpha value is -2.67. The quantitative estimate of drug-likeness (QED) is 0.384. The third-order valence-electron chi connectivity index (χ3n) is 5.57. The fourth-order valence-corrected chi connectivity index (χ4v) is 3.11. The van der Waals surface area contributed by atoms with Crippen molar-refractivity contribution in [2.24, 2.45) is 0 Å². The van der Waals surface area contributed by atoms with Gasteiger partial charge in [0.15, 0.2) is 23.3 Å². The summed E-state index contributed by atoms with van der Waals surface area (Å²) in [7, 11) is -1.32. The number of alkyl halides is 3. The van der Waals surface area contributed by atoms with Crippen LogP contribution in [0, 0.1) is 29.1 Å². The largest absolute Gasteiger partial charge is 0.495 e. The number of amides is 1. The lowest BCUT2D eigenvalue weighted by molar-refractivity contribution is -0.143. The van der Waals surface area contributed by atoms with Crippen LogP contribution < -0.4 is 10.8 Å². The van der Waals surface area contributed by atoms with E-state index in [4.69, 9.17) is 9.31 Å². The zero-order valence-electron chi connectivity index (χ0n) is 17.6. The first-order valence-electron chi connectivity index (χ1n) is 9.38. The van der Waals surface area contributed by atoms with Crippen LogP contribution in [0.25, 0.3) is 0 Å². The van der Waals surface area contributed by atoms with Crippen LogP contribution in [0.15, 0.2) is 18.2 Å². The molecule has 0 atom stereocenters. The first-order valence-corrected chi connectivity index (χ1v) is 9.38. The van der Waals surface area contributed by atoms with E-state index in [0.29, 0.717) is 0 Å². The van der Waals surface area contributed by atoms with E-state index in [1.165, 1.54) is 17.4 Å². The van der Waals surface area contributed by atoms with Crippen molar-refractivity contribution >= 4 is 24.2 Å². The molecule has 0 aromatic heterocycles. The number of carbonyl (C=O) groups is 1. The molecule has 0 saturated carbocycles. The molecule has 1 heterocycles. The fraction of sp³-hybridized carbons (Fsp3) is 0.350. The Labute approximate surface area is 183 Å². The number of anilines is 1. The highest BCUT2D eigenvalue weighted by molar-refractivity contribution is 6.63. The van der Waals surface area contributed by atoms with E-state index in [9.17, 15) is 39.9 Å². The summed E-state index contributed by atoms with van der Waals surface area (Å²) in [6.45, 7) is 6.63. The molecule has 3 rings (SSSR count). The Morgan fingerprint density at radius 1 is 0.879 bits per heavy atom. The van der Waals surface area contributed by atoms with Gasteiger partial charge in [-0.1, -0.05) is 12.1 Å². The van der Waals surface area contributed by atoms with E-state index < -0.39 is 76.3 Å². The number of hydrogen-bond acceptors (Lipinski definition) is 3. The number of benzene rings is 2. The van der Waals surface area contributed by atoms with E-state index in [0.717, 1.165) is 6.07 Å². The molecule has 0 unspecified atom stereocenters. The van der Waals surface area contributed by atoms with Crippen molar-refractivity contribution in [3.05, 3.63) is 58.4 Å². The predicted octanol–water partition coefficient (Wildman–Crippen LogP) is 4.95. The van der Waals surface area contributed by atoms with E-state index in [1.54, 1.807) is 27.7 Å². The summed E-state index contributed by atoms with van der Waals surface area (Å²) < 4.78 is 120. The zero-order valence-corrected chi connectivity index (χ0v) is 17.6. The number of nitrogens with one attached hydrogen (secondary N) is 1. The molecule has 1 aliphatic rings. The number of rotatable bonds is 3. The highest BCUT2D eigenvalue weighted by Gasteiger charge is 2.53. The average molecular weight is 481 g/mol. The number of halogens is 8. The molecule has 4 nitrogen and oxygen atoms in total. The van der Waals surface area contributed by atoms with Gasteiger partial charge in [-0.25, -0.2) is 22.0 Å². The van der Waals surface area contributed by atoms with Crippen molar-refractivity contribution in [3.63, 3.8) is 0 Å². The molecule has 0 aliphatic carbocycles. The minimum Gasteiger partial charge on any atom is -0.399 e. The summed E-state index contributed by atoms with van der Waals surface area (Å²) in [4.78, 5) is 12.7. The molecular formula is C20H16BF8NO3. The normalized spacial score (nSPS) is 17.4.